The van der Waals surface area contributed by atoms with E-state index in [1.807, 2.05) is 24.3 Å². The van der Waals surface area contributed by atoms with Crippen LogP contribution in [0.3, 0.4) is 0 Å². The number of halogens is 1. The maximum absolute atomic E-state index is 6.12. The van der Waals surface area contributed by atoms with E-state index in [0.717, 1.165) is 21.5 Å². The van der Waals surface area contributed by atoms with E-state index in [0.29, 0.717) is 0 Å². The average molecular weight is 361 g/mol. The number of para-hydroxylation sites is 1. The van der Waals surface area contributed by atoms with Crippen LogP contribution in [0.15, 0.2) is 57.9 Å². The molecule has 0 aliphatic carbocycles. The minimum Gasteiger partial charge on any atom is -0.454 e. The fourth-order valence-electron chi connectivity index (χ4n) is 2.89. The van der Waals surface area contributed by atoms with E-state index >= 15 is 0 Å². The van der Waals surface area contributed by atoms with Crippen LogP contribution in [0, 0.1) is 0 Å². The Morgan fingerprint density at radius 3 is 2.52 bits per heavy atom. The summed E-state index contributed by atoms with van der Waals surface area (Å²) in [6.07, 6.45) is 1.87. The Hall–Kier alpha value is -1.39. The number of ether oxygens (including phenoxy) is 2. The van der Waals surface area contributed by atoms with Gasteiger partial charge in [-0.3, -0.25) is 0 Å². The molecule has 2 atom stereocenters. The first kappa shape index (κ1) is 13.3. The van der Waals surface area contributed by atoms with Crippen LogP contribution in [-0.2, 0) is 4.74 Å². The molecule has 0 saturated carbocycles. The van der Waals surface area contributed by atoms with Crippen molar-refractivity contribution in [2.45, 2.75) is 12.2 Å². The lowest BCUT2D eigenvalue weighted by atomic mass is 9.99. The quantitative estimate of drug-likeness (QED) is 0.749. The van der Waals surface area contributed by atoms with Gasteiger partial charge in [-0.2, -0.15) is 0 Å². The van der Waals surface area contributed by atoms with E-state index in [9.17, 15) is 0 Å². The molecule has 106 valence electrons. The van der Waals surface area contributed by atoms with Gasteiger partial charge in [-0.05, 0) is 24.5 Å². The van der Waals surface area contributed by atoms with Crippen LogP contribution >= 0.6 is 27.7 Å². The van der Waals surface area contributed by atoms with E-state index in [-0.39, 0.29) is 12.2 Å². The first-order valence-electron chi connectivity index (χ1n) is 6.74. The number of thioether (sulfide) groups is 1. The third kappa shape index (κ3) is 2.09. The molecule has 0 radical (unpaired) electrons. The van der Waals surface area contributed by atoms with E-state index in [2.05, 4.69) is 46.5 Å². The van der Waals surface area contributed by atoms with Crippen LogP contribution in [0.4, 0.5) is 0 Å². The molecule has 2 nitrogen and oxygen atoms in total. The zero-order chi connectivity index (χ0) is 14.4. The maximum atomic E-state index is 6.12. The third-order valence-electron chi connectivity index (χ3n) is 3.84. The standard InChI is InChI=1S/C17H13BrO2S/c1-21-16-14-12-4-2-3-5-13(12)19-17(14)20-15(16)10-6-8-11(18)9-7-10/h2-9,14,17H,1H3. The first-order chi connectivity index (χ1) is 10.3. The van der Waals surface area contributed by atoms with Crippen molar-refractivity contribution in [3.05, 3.63) is 69.0 Å². The number of benzene rings is 2. The molecule has 2 aromatic rings. The Morgan fingerprint density at radius 1 is 1.00 bits per heavy atom. The predicted molar refractivity (Wildman–Crippen MR) is 89.3 cm³/mol. The topological polar surface area (TPSA) is 18.5 Å². The number of hydrogen-bond acceptors (Lipinski definition) is 3. The number of rotatable bonds is 2. The molecule has 2 heterocycles. The molecule has 2 aromatic carbocycles. The summed E-state index contributed by atoms with van der Waals surface area (Å²) >= 11 is 5.21. The van der Waals surface area contributed by atoms with Gasteiger partial charge in [0, 0.05) is 20.5 Å². The van der Waals surface area contributed by atoms with Crippen LogP contribution < -0.4 is 4.74 Å². The Balaban J connectivity index is 1.81. The molecule has 0 N–H and O–H groups in total. The molecule has 2 aliphatic rings. The van der Waals surface area contributed by atoms with E-state index in [1.54, 1.807) is 11.8 Å². The summed E-state index contributed by atoms with van der Waals surface area (Å²) in [7, 11) is 0. The summed E-state index contributed by atoms with van der Waals surface area (Å²) in [5.74, 6) is 2.07. The monoisotopic (exact) mass is 360 g/mol. The summed E-state index contributed by atoms with van der Waals surface area (Å²) < 4.78 is 13.1. The minimum absolute atomic E-state index is 0.190. The van der Waals surface area contributed by atoms with Gasteiger partial charge in [0.15, 0.2) is 0 Å². The SMILES string of the molecule is CSC1=C(c2ccc(Br)cc2)OC2Oc3ccccc3C12. The van der Waals surface area contributed by atoms with Gasteiger partial charge in [-0.25, -0.2) is 0 Å². The summed E-state index contributed by atoms with van der Waals surface area (Å²) in [6, 6.07) is 16.4. The lowest BCUT2D eigenvalue weighted by Crippen LogP contribution is -2.15. The molecule has 0 spiro atoms. The second kappa shape index (κ2) is 5.11. The van der Waals surface area contributed by atoms with Crippen LogP contribution in [0.25, 0.3) is 5.76 Å². The molecular formula is C17H13BrO2S. The van der Waals surface area contributed by atoms with Gasteiger partial charge in [-0.1, -0.05) is 46.3 Å². The Morgan fingerprint density at radius 2 is 1.76 bits per heavy atom. The molecule has 0 aromatic heterocycles. The average Bonchev–Trinajstić information content (AvgIpc) is 3.03. The Labute approximate surface area is 136 Å². The lowest BCUT2D eigenvalue weighted by Gasteiger charge is -2.11. The number of hydrogen-bond donors (Lipinski definition) is 0. The zero-order valence-corrected chi connectivity index (χ0v) is 13.8. The van der Waals surface area contributed by atoms with Crippen LogP contribution in [0.2, 0.25) is 0 Å². The summed E-state index contributed by atoms with van der Waals surface area (Å²) in [6.45, 7) is 0. The highest BCUT2D eigenvalue weighted by atomic mass is 79.9. The van der Waals surface area contributed by atoms with E-state index in [4.69, 9.17) is 9.47 Å². The van der Waals surface area contributed by atoms with Crippen LogP contribution in [0.5, 0.6) is 5.75 Å². The van der Waals surface area contributed by atoms with Gasteiger partial charge in [-0.15, -0.1) is 11.8 Å². The fraction of sp³-hybridized carbons (Fsp3) is 0.176. The molecule has 0 saturated heterocycles. The van der Waals surface area contributed by atoms with Gasteiger partial charge >= 0.3 is 0 Å². The largest absolute Gasteiger partial charge is 0.454 e. The summed E-state index contributed by atoms with van der Waals surface area (Å²) in [5.41, 5.74) is 2.32. The molecule has 0 bridgehead atoms. The van der Waals surface area contributed by atoms with Crippen molar-refractivity contribution in [2.75, 3.05) is 6.26 Å². The van der Waals surface area contributed by atoms with E-state index in [1.165, 1.54) is 10.5 Å². The predicted octanol–water partition coefficient (Wildman–Crippen LogP) is 5.01. The molecule has 2 unspecified atom stereocenters. The zero-order valence-electron chi connectivity index (χ0n) is 11.4. The van der Waals surface area contributed by atoms with E-state index < -0.39 is 0 Å². The lowest BCUT2D eigenvalue weighted by molar-refractivity contribution is 0.00640. The van der Waals surface area contributed by atoms with Crippen molar-refractivity contribution < 1.29 is 9.47 Å². The molecule has 4 heteroatoms. The Kier molecular flexibility index (Phi) is 3.23. The van der Waals surface area contributed by atoms with Gasteiger partial charge in [0.1, 0.15) is 11.5 Å². The number of fused-ring (bicyclic) bond motifs is 3. The van der Waals surface area contributed by atoms with Crippen molar-refractivity contribution in [2.24, 2.45) is 0 Å². The first-order valence-corrected chi connectivity index (χ1v) is 8.76. The van der Waals surface area contributed by atoms with Crippen molar-refractivity contribution in [1.29, 1.82) is 0 Å². The van der Waals surface area contributed by atoms with Crippen molar-refractivity contribution in [3.63, 3.8) is 0 Å². The highest BCUT2D eigenvalue weighted by Gasteiger charge is 2.45. The second-order valence-electron chi connectivity index (χ2n) is 5.02. The normalized spacial score (nSPS) is 22.6. The second-order valence-corrected chi connectivity index (χ2v) is 6.79. The smallest absolute Gasteiger partial charge is 0.252 e. The molecule has 2 aliphatic heterocycles. The van der Waals surface area contributed by atoms with Crippen molar-refractivity contribution >= 4 is 33.5 Å². The summed E-state index contributed by atoms with van der Waals surface area (Å²) in [4.78, 5) is 1.24. The van der Waals surface area contributed by atoms with Crippen molar-refractivity contribution in [3.8, 4) is 5.75 Å². The maximum Gasteiger partial charge on any atom is 0.252 e. The molecule has 0 amide bonds. The van der Waals surface area contributed by atoms with Gasteiger partial charge in [0.2, 0.25) is 0 Å². The van der Waals surface area contributed by atoms with Gasteiger partial charge in [0.05, 0.1) is 5.92 Å². The van der Waals surface area contributed by atoms with Crippen LogP contribution in [-0.4, -0.2) is 12.5 Å². The van der Waals surface area contributed by atoms with Crippen molar-refractivity contribution in [1.82, 2.24) is 0 Å². The minimum atomic E-state index is -0.233. The molecule has 4 rings (SSSR count). The fourth-order valence-corrected chi connectivity index (χ4v) is 4.00. The highest BCUT2D eigenvalue weighted by Crippen LogP contribution is 2.53. The molecular weight excluding hydrogens is 348 g/mol. The highest BCUT2D eigenvalue weighted by molar-refractivity contribution is 9.10. The van der Waals surface area contributed by atoms with Gasteiger partial charge < -0.3 is 9.47 Å². The third-order valence-corrected chi connectivity index (χ3v) is 5.24. The molecule has 21 heavy (non-hydrogen) atoms. The van der Waals surface area contributed by atoms with Crippen LogP contribution in [0.1, 0.15) is 17.0 Å². The van der Waals surface area contributed by atoms with Gasteiger partial charge in [0.25, 0.3) is 6.29 Å². The summed E-state index contributed by atoms with van der Waals surface area (Å²) in [5, 5.41) is 0. The molecule has 0 fully saturated rings. The Bertz CT molecular complexity index is 724.